The van der Waals surface area contributed by atoms with Crippen LogP contribution < -0.4 is 4.74 Å². The van der Waals surface area contributed by atoms with Gasteiger partial charge in [0, 0.05) is 48.4 Å². The molecule has 1 aromatic heterocycles. The summed E-state index contributed by atoms with van der Waals surface area (Å²) in [6.45, 7) is 3.13. The van der Waals surface area contributed by atoms with Crippen LogP contribution in [0, 0.1) is 0 Å². The van der Waals surface area contributed by atoms with Crippen molar-refractivity contribution < 1.29 is 4.74 Å². The predicted octanol–water partition coefficient (Wildman–Crippen LogP) is 4.47. The number of nitrogens with zero attached hydrogens (tertiary/aromatic N) is 1. The third-order valence-corrected chi connectivity index (χ3v) is 4.78. The number of rotatable bonds is 4. The zero-order valence-electron chi connectivity index (χ0n) is 14.0. The van der Waals surface area contributed by atoms with Gasteiger partial charge in [-0.1, -0.05) is 36.4 Å². The van der Waals surface area contributed by atoms with Crippen LogP contribution in [0.5, 0.6) is 5.75 Å². The van der Waals surface area contributed by atoms with Crippen molar-refractivity contribution in [3.05, 3.63) is 71.9 Å². The Hall–Kier alpha value is -2.52. The van der Waals surface area contributed by atoms with Crippen LogP contribution in [-0.2, 0) is 6.54 Å². The second-order valence-corrected chi connectivity index (χ2v) is 6.31. The highest BCUT2D eigenvalue weighted by molar-refractivity contribution is 5.93. The van der Waals surface area contributed by atoms with Crippen LogP contribution in [0.1, 0.15) is 17.5 Å². The summed E-state index contributed by atoms with van der Waals surface area (Å²) in [5.74, 6) is 0.891. The lowest BCUT2D eigenvalue weighted by Gasteiger charge is -2.26. The SMILES string of the molecule is COc1ccc2c(C3=CCN(Cc4ccccc4)CC3)c[nH]c2c1. The van der Waals surface area contributed by atoms with Crippen molar-refractivity contribution in [1.82, 2.24) is 9.88 Å². The molecule has 0 saturated heterocycles. The van der Waals surface area contributed by atoms with E-state index < -0.39 is 0 Å². The fraction of sp³-hybridized carbons (Fsp3) is 0.238. The smallest absolute Gasteiger partial charge is 0.120 e. The maximum Gasteiger partial charge on any atom is 0.120 e. The fourth-order valence-electron chi connectivity index (χ4n) is 3.44. The third-order valence-electron chi connectivity index (χ3n) is 4.78. The van der Waals surface area contributed by atoms with Gasteiger partial charge < -0.3 is 9.72 Å². The Morgan fingerprint density at radius 1 is 1.12 bits per heavy atom. The normalized spacial score (nSPS) is 15.5. The minimum Gasteiger partial charge on any atom is -0.497 e. The van der Waals surface area contributed by atoms with Gasteiger partial charge in [0.25, 0.3) is 0 Å². The van der Waals surface area contributed by atoms with Gasteiger partial charge in [0.05, 0.1) is 7.11 Å². The van der Waals surface area contributed by atoms with Crippen molar-refractivity contribution in [2.45, 2.75) is 13.0 Å². The van der Waals surface area contributed by atoms with E-state index in [-0.39, 0.29) is 0 Å². The average molecular weight is 318 g/mol. The lowest BCUT2D eigenvalue weighted by Crippen LogP contribution is -2.27. The first-order valence-electron chi connectivity index (χ1n) is 8.44. The summed E-state index contributed by atoms with van der Waals surface area (Å²) in [6.07, 6.45) is 5.59. The van der Waals surface area contributed by atoms with Gasteiger partial charge in [-0.25, -0.2) is 0 Å². The van der Waals surface area contributed by atoms with Gasteiger partial charge in [0.2, 0.25) is 0 Å². The Balaban J connectivity index is 1.52. The molecule has 0 saturated carbocycles. The van der Waals surface area contributed by atoms with Crippen molar-refractivity contribution in [3.8, 4) is 5.75 Å². The van der Waals surface area contributed by atoms with Crippen molar-refractivity contribution >= 4 is 16.5 Å². The van der Waals surface area contributed by atoms with Gasteiger partial charge >= 0.3 is 0 Å². The Bertz CT molecular complexity index is 864. The molecule has 0 bridgehead atoms. The zero-order chi connectivity index (χ0) is 16.4. The van der Waals surface area contributed by atoms with E-state index in [0.29, 0.717) is 0 Å². The van der Waals surface area contributed by atoms with Crippen molar-refractivity contribution in [2.75, 3.05) is 20.2 Å². The molecule has 0 amide bonds. The molecule has 24 heavy (non-hydrogen) atoms. The second-order valence-electron chi connectivity index (χ2n) is 6.31. The number of H-pyrrole nitrogens is 1. The van der Waals surface area contributed by atoms with Crippen LogP contribution >= 0.6 is 0 Å². The summed E-state index contributed by atoms with van der Waals surface area (Å²) in [7, 11) is 1.70. The van der Waals surface area contributed by atoms with Crippen molar-refractivity contribution in [1.29, 1.82) is 0 Å². The van der Waals surface area contributed by atoms with Gasteiger partial charge in [0.15, 0.2) is 0 Å². The number of hydrogen-bond acceptors (Lipinski definition) is 2. The Labute approximate surface area is 142 Å². The second kappa shape index (κ2) is 6.54. The third kappa shape index (κ3) is 2.95. The summed E-state index contributed by atoms with van der Waals surface area (Å²) in [4.78, 5) is 5.87. The molecular formula is C21H22N2O. The molecule has 3 heteroatoms. The summed E-state index contributed by atoms with van der Waals surface area (Å²) in [6, 6.07) is 16.9. The number of benzene rings is 2. The maximum atomic E-state index is 5.31. The van der Waals surface area contributed by atoms with Crippen LogP contribution in [0.3, 0.4) is 0 Å². The van der Waals surface area contributed by atoms with E-state index in [4.69, 9.17) is 4.74 Å². The Kier molecular flexibility index (Phi) is 4.09. The molecule has 0 radical (unpaired) electrons. The topological polar surface area (TPSA) is 28.3 Å². The molecule has 0 aliphatic carbocycles. The quantitative estimate of drug-likeness (QED) is 0.769. The largest absolute Gasteiger partial charge is 0.497 e. The molecule has 4 rings (SSSR count). The Morgan fingerprint density at radius 2 is 2.00 bits per heavy atom. The van der Waals surface area contributed by atoms with Crippen LogP contribution in [-0.4, -0.2) is 30.1 Å². The van der Waals surface area contributed by atoms with E-state index in [1.54, 1.807) is 7.11 Å². The summed E-state index contributed by atoms with van der Waals surface area (Å²) in [5, 5.41) is 1.28. The van der Waals surface area contributed by atoms with Crippen LogP contribution in [0.4, 0.5) is 0 Å². The van der Waals surface area contributed by atoms with Crippen LogP contribution in [0.15, 0.2) is 60.8 Å². The van der Waals surface area contributed by atoms with Gasteiger partial charge in [-0.05, 0) is 29.7 Å². The number of ether oxygens (including phenoxy) is 1. The monoisotopic (exact) mass is 318 g/mol. The van der Waals surface area contributed by atoms with E-state index in [1.807, 2.05) is 6.07 Å². The van der Waals surface area contributed by atoms with Gasteiger partial charge in [-0.15, -0.1) is 0 Å². The van der Waals surface area contributed by atoms with Crippen LogP contribution in [0.25, 0.3) is 16.5 Å². The summed E-state index contributed by atoms with van der Waals surface area (Å²) in [5.41, 5.74) is 5.29. The molecule has 1 N–H and O–H groups in total. The Morgan fingerprint density at radius 3 is 2.75 bits per heavy atom. The number of fused-ring (bicyclic) bond motifs is 1. The van der Waals surface area contributed by atoms with Crippen molar-refractivity contribution in [2.24, 2.45) is 0 Å². The minimum absolute atomic E-state index is 0.891. The molecule has 0 unspecified atom stereocenters. The molecule has 2 aromatic carbocycles. The summed E-state index contributed by atoms with van der Waals surface area (Å²) < 4.78 is 5.31. The predicted molar refractivity (Wildman–Crippen MR) is 99.2 cm³/mol. The lowest BCUT2D eigenvalue weighted by molar-refractivity contribution is 0.294. The standard InChI is InChI=1S/C21H22N2O/c1-24-18-7-8-19-20(14-22-21(19)13-18)17-9-11-23(12-10-17)15-16-5-3-2-4-6-16/h2-9,13-14,22H,10-12,15H2,1H3. The number of aromatic nitrogens is 1. The zero-order valence-corrected chi connectivity index (χ0v) is 14.0. The average Bonchev–Trinajstić information content (AvgIpc) is 3.06. The molecule has 0 spiro atoms. The van der Waals surface area contributed by atoms with E-state index in [0.717, 1.165) is 37.3 Å². The van der Waals surface area contributed by atoms with E-state index in [1.165, 1.54) is 22.1 Å². The molecule has 3 aromatic rings. The van der Waals surface area contributed by atoms with Gasteiger partial charge in [-0.3, -0.25) is 4.90 Å². The summed E-state index contributed by atoms with van der Waals surface area (Å²) >= 11 is 0. The first-order valence-corrected chi connectivity index (χ1v) is 8.44. The number of hydrogen-bond donors (Lipinski definition) is 1. The molecule has 0 atom stereocenters. The highest BCUT2D eigenvalue weighted by Gasteiger charge is 2.16. The van der Waals surface area contributed by atoms with Gasteiger partial charge in [-0.2, -0.15) is 0 Å². The first kappa shape index (κ1) is 15.0. The van der Waals surface area contributed by atoms with Crippen LogP contribution in [0.2, 0.25) is 0 Å². The highest BCUT2D eigenvalue weighted by Crippen LogP contribution is 2.31. The van der Waals surface area contributed by atoms with E-state index in [9.17, 15) is 0 Å². The minimum atomic E-state index is 0.891. The molecular weight excluding hydrogens is 296 g/mol. The lowest BCUT2D eigenvalue weighted by atomic mass is 9.98. The molecule has 0 fully saturated rings. The number of nitrogens with one attached hydrogen (secondary N) is 1. The fourth-order valence-corrected chi connectivity index (χ4v) is 3.44. The van der Waals surface area contributed by atoms with Gasteiger partial charge in [0.1, 0.15) is 5.75 Å². The number of aromatic amines is 1. The molecule has 1 aliphatic rings. The van der Waals surface area contributed by atoms with E-state index >= 15 is 0 Å². The first-order chi connectivity index (χ1) is 11.8. The molecule has 3 nitrogen and oxygen atoms in total. The number of methoxy groups -OCH3 is 1. The van der Waals surface area contributed by atoms with Crippen molar-refractivity contribution in [3.63, 3.8) is 0 Å². The van der Waals surface area contributed by atoms with E-state index in [2.05, 4.69) is 64.6 Å². The highest BCUT2D eigenvalue weighted by atomic mass is 16.5. The molecule has 2 heterocycles. The molecule has 122 valence electrons. The maximum absolute atomic E-state index is 5.31. The molecule has 1 aliphatic heterocycles.